The van der Waals surface area contributed by atoms with Crippen LogP contribution >= 0.6 is 15.9 Å². The van der Waals surface area contributed by atoms with E-state index in [1.165, 1.54) is 0 Å². The maximum Gasteiger partial charge on any atom is 0.229 e. The second kappa shape index (κ2) is 7.33. The number of hydrogen-bond donors (Lipinski definition) is 3. The normalized spacial score (nSPS) is 12.8. The highest BCUT2D eigenvalue weighted by molar-refractivity contribution is 9.10. The van der Waals surface area contributed by atoms with Gasteiger partial charge in [0.25, 0.3) is 0 Å². The Morgan fingerprint density at radius 1 is 1.17 bits per heavy atom. The van der Waals surface area contributed by atoms with Gasteiger partial charge in [-0.05, 0) is 42.8 Å². The minimum Gasteiger partial charge on any atom is -0.508 e. The van der Waals surface area contributed by atoms with Gasteiger partial charge in [-0.2, -0.15) is 0 Å². The van der Waals surface area contributed by atoms with Gasteiger partial charge in [-0.1, -0.05) is 28.1 Å². The van der Waals surface area contributed by atoms with Crippen LogP contribution in [0.25, 0.3) is 0 Å². The van der Waals surface area contributed by atoms with E-state index in [9.17, 15) is 13.5 Å². The molecule has 0 aromatic heterocycles. The number of rotatable bonds is 6. The van der Waals surface area contributed by atoms with Gasteiger partial charge in [0.2, 0.25) is 10.0 Å². The Hall–Kier alpha value is -1.57. The van der Waals surface area contributed by atoms with Crippen LogP contribution in [0.3, 0.4) is 0 Å². The molecule has 0 heterocycles. The van der Waals surface area contributed by atoms with Gasteiger partial charge in [-0.15, -0.1) is 0 Å². The van der Waals surface area contributed by atoms with Gasteiger partial charge >= 0.3 is 0 Å². The number of halogens is 1. The Bertz CT molecular complexity index is 776. The molecule has 1 atom stereocenters. The van der Waals surface area contributed by atoms with Gasteiger partial charge < -0.3 is 10.4 Å². The molecule has 0 aliphatic carbocycles. The van der Waals surface area contributed by atoms with Gasteiger partial charge in [-0.25, -0.2) is 8.42 Å². The summed E-state index contributed by atoms with van der Waals surface area (Å²) in [5, 5.41) is 13.2. The molecule has 0 amide bonds. The minimum absolute atomic E-state index is 0.0562. The van der Waals surface area contributed by atoms with Gasteiger partial charge in [0.15, 0.2) is 0 Å². The number of benzene rings is 2. The summed E-state index contributed by atoms with van der Waals surface area (Å²) in [5.41, 5.74) is 2.37. The number of hydrogen-bond acceptors (Lipinski definition) is 4. The lowest BCUT2D eigenvalue weighted by molar-refractivity contribution is 0.460. The van der Waals surface area contributed by atoms with E-state index in [-0.39, 0.29) is 11.8 Å². The van der Waals surface area contributed by atoms with E-state index in [4.69, 9.17) is 0 Å². The van der Waals surface area contributed by atoms with Gasteiger partial charge in [-0.3, -0.25) is 4.72 Å². The summed E-state index contributed by atoms with van der Waals surface area (Å²) in [4.78, 5) is 0. The molecule has 0 aliphatic heterocycles. The van der Waals surface area contributed by atoms with Crippen LogP contribution in [0.1, 0.15) is 24.1 Å². The maximum absolute atomic E-state index is 11.2. The largest absolute Gasteiger partial charge is 0.508 e. The molecule has 0 unspecified atom stereocenters. The fraction of sp³-hybridized carbons (Fsp3) is 0.250. The zero-order valence-electron chi connectivity index (χ0n) is 12.9. The number of phenols is 1. The highest BCUT2D eigenvalue weighted by Gasteiger charge is 2.08. The van der Waals surface area contributed by atoms with E-state index in [2.05, 4.69) is 26.0 Å². The van der Waals surface area contributed by atoms with E-state index in [1.807, 2.05) is 25.1 Å². The van der Waals surface area contributed by atoms with Crippen LogP contribution in [0.15, 0.2) is 46.9 Å². The summed E-state index contributed by atoms with van der Waals surface area (Å²) in [6.45, 7) is 2.53. The van der Waals surface area contributed by atoms with E-state index < -0.39 is 10.0 Å². The van der Waals surface area contributed by atoms with Crippen molar-refractivity contribution in [2.75, 3.05) is 11.0 Å². The average molecular weight is 399 g/mol. The highest BCUT2D eigenvalue weighted by atomic mass is 79.9. The number of aromatic hydroxyl groups is 1. The molecular formula is C16H19BrN2O3S. The minimum atomic E-state index is -3.26. The highest BCUT2D eigenvalue weighted by Crippen LogP contribution is 2.23. The first-order chi connectivity index (χ1) is 10.7. The molecule has 124 valence electrons. The lowest BCUT2D eigenvalue weighted by Crippen LogP contribution is -2.18. The van der Waals surface area contributed by atoms with Crippen molar-refractivity contribution in [1.29, 1.82) is 0 Å². The Morgan fingerprint density at radius 2 is 1.83 bits per heavy atom. The van der Waals surface area contributed by atoms with E-state index >= 15 is 0 Å². The Morgan fingerprint density at radius 3 is 2.43 bits per heavy atom. The average Bonchev–Trinajstić information content (AvgIpc) is 2.47. The molecular weight excluding hydrogens is 380 g/mol. The second-order valence-electron chi connectivity index (χ2n) is 5.37. The third kappa shape index (κ3) is 5.53. The SMILES string of the molecule is C[C@H](NCc1cc(Br)ccc1O)c1ccc(NS(C)(=O)=O)cc1. The molecule has 2 aromatic carbocycles. The third-order valence-corrected chi connectivity index (χ3v) is 4.45. The zero-order chi connectivity index (χ0) is 17.0. The summed E-state index contributed by atoms with van der Waals surface area (Å²) in [7, 11) is -3.26. The van der Waals surface area contributed by atoms with E-state index in [0.29, 0.717) is 12.2 Å². The molecule has 3 N–H and O–H groups in total. The summed E-state index contributed by atoms with van der Waals surface area (Å²) in [6, 6.07) is 12.6. The topological polar surface area (TPSA) is 78.4 Å². The Kier molecular flexibility index (Phi) is 5.67. The van der Waals surface area contributed by atoms with Crippen LogP contribution in [0.2, 0.25) is 0 Å². The fourth-order valence-corrected chi connectivity index (χ4v) is 3.10. The van der Waals surface area contributed by atoms with Gasteiger partial charge in [0.05, 0.1) is 6.26 Å². The summed E-state index contributed by atoms with van der Waals surface area (Å²) in [5.74, 6) is 0.251. The third-order valence-electron chi connectivity index (χ3n) is 3.35. The molecule has 23 heavy (non-hydrogen) atoms. The van der Waals surface area contributed by atoms with Crippen molar-refractivity contribution >= 4 is 31.6 Å². The van der Waals surface area contributed by atoms with E-state index in [1.54, 1.807) is 24.3 Å². The van der Waals surface area contributed by atoms with Crippen molar-refractivity contribution in [2.24, 2.45) is 0 Å². The molecule has 0 aliphatic rings. The molecule has 0 bridgehead atoms. The first-order valence-electron chi connectivity index (χ1n) is 7.03. The lowest BCUT2D eigenvalue weighted by atomic mass is 10.1. The number of sulfonamides is 1. The maximum atomic E-state index is 11.2. The lowest BCUT2D eigenvalue weighted by Gasteiger charge is -2.16. The predicted molar refractivity (Wildman–Crippen MR) is 96.0 cm³/mol. The fourth-order valence-electron chi connectivity index (χ4n) is 2.13. The van der Waals surface area contributed by atoms with Crippen LogP contribution in [0.5, 0.6) is 5.75 Å². The summed E-state index contributed by atoms with van der Waals surface area (Å²) < 4.78 is 25.7. The quantitative estimate of drug-likeness (QED) is 0.696. The van der Waals surface area contributed by atoms with Crippen LogP contribution in [-0.4, -0.2) is 19.8 Å². The molecule has 0 spiro atoms. The van der Waals surface area contributed by atoms with Crippen molar-refractivity contribution < 1.29 is 13.5 Å². The van der Waals surface area contributed by atoms with Crippen molar-refractivity contribution in [2.45, 2.75) is 19.5 Å². The predicted octanol–water partition coefficient (Wildman–Crippen LogP) is 3.38. The number of anilines is 1. The molecule has 2 aromatic rings. The van der Waals surface area contributed by atoms with Crippen LogP contribution in [0.4, 0.5) is 5.69 Å². The van der Waals surface area contributed by atoms with Crippen LogP contribution in [-0.2, 0) is 16.6 Å². The first kappa shape index (κ1) is 17.8. The Balaban J connectivity index is 2.00. The summed E-state index contributed by atoms with van der Waals surface area (Å²) >= 11 is 3.39. The van der Waals surface area contributed by atoms with E-state index in [0.717, 1.165) is 21.9 Å². The van der Waals surface area contributed by atoms with Crippen molar-refractivity contribution in [1.82, 2.24) is 5.32 Å². The molecule has 2 rings (SSSR count). The zero-order valence-corrected chi connectivity index (χ0v) is 15.3. The monoisotopic (exact) mass is 398 g/mol. The standard InChI is InChI=1S/C16H19BrN2O3S/c1-11(18-10-13-9-14(17)5-8-16(13)20)12-3-6-15(7-4-12)19-23(2,21)22/h3-9,11,18-20H,10H2,1-2H3/t11-/m0/s1. The summed E-state index contributed by atoms with van der Waals surface area (Å²) in [6.07, 6.45) is 1.12. The molecule has 0 saturated heterocycles. The smallest absolute Gasteiger partial charge is 0.229 e. The van der Waals surface area contributed by atoms with Crippen LogP contribution in [0, 0.1) is 0 Å². The second-order valence-corrected chi connectivity index (χ2v) is 8.04. The molecule has 7 heteroatoms. The molecule has 0 fully saturated rings. The van der Waals surface area contributed by atoms with Crippen LogP contribution < -0.4 is 10.0 Å². The van der Waals surface area contributed by atoms with Gasteiger partial charge in [0, 0.05) is 28.3 Å². The van der Waals surface area contributed by atoms with Crippen molar-refractivity contribution in [3.05, 3.63) is 58.1 Å². The van der Waals surface area contributed by atoms with Crippen molar-refractivity contribution in [3.63, 3.8) is 0 Å². The van der Waals surface area contributed by atoms with Gasteiger partial charge in [0.1, 0.15) is 5.75 Å². The Labute approximate surface area is 144 Å². The molecule has 5 nitrogen and oxygen atoms in total. The number of nitrogens with one attached hydrogen (secondary N) is 2. The molecule has 0 saturated carbocycles. The molecule has 0 radical (unpaired) electrons. The van der Waals surface area contributed by atoms with Crippen molar-refractivity contribution in [3.8, 4) is 5.75 Å². The number of phenolic OH excluding ortho intramolecular Hbond substituents is 1. The first-order valence-corrected chi connectivity index (χ1v) is 9.71.